The van der Waals surface area contributed by atoms with Crippen LogP contribution in [0.3, 0.4) is 0 Å². The van der Waals surface area contributed by atoms with Gasteiger partial charge in [-0.05, 0) is 36.4 Å². The zero-order valence-corrected chi connectivity index (χ0v) is 12.4. The lowest BCUT2D eigenvalue weighted by molar-refractivity contribution is 0.104. The maximum atomic E-state index is 12.9. The number of thiazole rings is 1. The number of carbonyl (C=O) groups excluding carboxylic acids is 1. The fraction of sp³-hybridized carbons (Fsp3) is 0. The molecule has 108 valence electrons. The Morgan fingerprint density at radius 3 is 2.50 bits per heavy atom. The van der Waals surface area contributed by atoms with E-state index in [1.807, 2.05) is 23.6 Å². The van der Waals surface area contributed by atoms with Crippen LogP contribution in [0.2, 0.25) is 0 Å². The molecule has 0 fully saturated rings. The van der Waals surface area contributed by atoms with E-state index < -0.39 is 0 Å². The SMILES string of the molecule is O=C(/C=C/c1csc(-c2ccc(F)cc2)n1)c1ccccc1. The molecule has 1 aromatic heterocycles. The Kier molecular flexibility index (Phi) is 4.21. The molecule has 1 heterocycles. The van der Waals surface area contributed by atoms with Gasteiger partial charge < -0.3 is 0 Å². The highest BCUT2D eigenvalue weighted by molar-refractivity contribution is 7.13. The molecule has 0 amide bonds. The van der Waals surface area contributed by atoms with Crippen LogP contribution in [0, 0.1) is 5.82 Å². The molecule has 0 N–H and O–H groups in total. The summed E-state index contributed by atoms with van der Waals surface area (Å²) in [7, 11) is 0. The first-order chi connectivity index (χ1) is 10.7. The van der Waals surface area contributed by atoms with Crippen molar-refractivity contribution in [1.29, 1.82) is 0 Å². The summed E-state index contributed by atoms with van der Waals surface area (Å²) in [5, 5.41) is 2.67. The van der Waals surface area contributed by atoms with Crippen molar-refractivity contribution in [3.05, 3.63) is 83.1 Å². The van der Waals surface area contributed by atoms with Crippen LogP contribution in [0.15, 0.2) is 66.1 Å². The van der Waals surface area contributed by atoms with Crippen LogP contribution in [0.4, 0.5) is 4.39 Å². The van der Waals surface area contributed by atoms with Crippen LogP contribution in [0.1, 0.15) is 16.1 Å². The second kappa shape index (κ2) is 6.45. The maximum Gasteiger partial charge on any atom is 0.185 e. The van der Waals surface area contributed by atoms with Crippen LogP contribution < -0.4 is 0 Å². The summed E-state index contributed by atoms with van der Waals surface area (Å²) in [6, 6.07) is 15.3. The zero-order valence-electron chi connectivity index (χ0n) is 11.6. The second-order valence-corrected chi connectivity index (χ2v) is 5.51. The average Bonchev–Trinajstić information content (AvgIpc) is 3.03. The number of benzene rings is 2. The lowest BCUT2D eigenvalue weighted by Crippen LogP contribution is -1.92. The molecule has 0 aliphatic heterocycles. The molecule has 0 spiro atoms. The minimum absolute atomic E-state index is 0.0584. The first-order valence-corrected chi connectivity index (χ1v) is 7.59. The van der Waals surface area contributed by atoms with E-state index in [1.165, 1.54) is 29.5 Å². The van der Waals surface area contributed by atoms with E-state index in [9.17, 15) is 9.18 Å². The standard InChI is InChI=1S/C18H12FNOS/c19-15-8-6-14(7-9-15)18-20-16(12-22-18)10-11-17(21)13-4-2-1-3-5-13/h1-12H/b11-10+. The summed E-state index contributed by atoms with van der Waals surface area (Å²) >= 11 is 1.46. The summed E-state index contributed by atoms with van der Waals surface area (Å²) in [5.74, 6) is -0.328. The van der Waals surface area contributed by atoms with Gasteiger partial charge in [-0.15, -0.1) is 11.3 Å². The molecule has 0 saturated carbocycles. The number of hydrogen-bond donors (Lipinski definition) is 0. The smallest absolute Gasteiger partial charge is 0.185 e. The molecule has 0 bridgehead atoms. The predicted octanol–water partition coefficient (Wildman–Crippen LogP) is 4.85. The van der Waals surface area contributed by atoms with Crippen molar-refractivity contribution in [2.45, 2.75) is 0 Å². The molecular formula is C18H12FNOS. The highest BCUT2D eigenvalue weighted by atomic mass is 32.1. The van der Waals surface area contributed by atoms with E-state index in [1.54, 1.807) is 30.3 Å². The first kappa shape index (κ1) is 14.4. The molecule has 2 aromatic carbocycles. The lowest BCUT2D eigenvalue weighted by atomic mass is 10.1. The molecule has 0 atom stereocenters. The number of rotatable bonds is 4. The van der Waals surface area contributed by atoms with Gasteiger partial charge in [0.2, 0.25) is 0 Å². The summed E-state index contributed by atoms with van der Waals surface area (Å²) in [4.78, 5) is 16.4. The first-order valence-electron chi connectivity index (χ1n) is 6.71. The number of ketones is 1. The average molecular weight is 309 g/mol. The molecular weight excluding hydrogens is 297 g/mol. The molecule has 0 aliphatic rings. The highest BCUT2D eigenvalue weighted by Gasteiger charge is 2.04. The molecule has 4 heteroatoms. The molecule has 3 aromatic rings. The Labute approximate surface area is 131 Å². The van der Waals surface area contributed by atoms with Crippen LogP contribution in [-0.4, -0.2) is 10.8 Å². The number of carbonyl (C=O) groups is 1. The Morgan fingerprint density at radius 1 is 1.05 bits per heavy atom. The minimum Gasteiger partial charge on any atom is -0.289 e. The van der Waals surface area contributed by atoms with Gasteiger partial charge in [-0.1, -0.05) is 30.3 Å². The summed E-state index contributed by atoms with van der Waals surface area (Å²) in [5.41, 5.74) is 2.22. The van der Waals surface area contributed by atoms with E-state index in [0.29, 0.717) is 11.3 Å². The Bertz CT molecular complexity index is 807. The van der Waals surface area contributed by atoms with Gasteiger partial charge in [0.05, 0.1) is 5.69 Å². The zero-order chi connectivity index (χ0) is 15.4. The fourth-order valence-electron chi connectivity index (χ4n) is 1.95. The monoisotopic (exact) mass is 309 g/mol. The molecule has 0 saturated heterocycles. The van der Waals surface area contributed by atoms with Crippen LogP contribution in [-0.2, 0) is 0 Å². The van der Waals surface area contributed by atoms with Gasteiger partial charge in [-0.2, -0.15) is 0 Å². The third kappa shape index (κ3) is 3.35. The van der Waals surface area contributed by atoms with Gasteiger partial charge in [0.15, 0.2) is 5.78 Å². The number of hydrogen-bond acceptors (Lipinski definition) is 3. The van der Waals surface area contributed by atoms with Gasteiger partial charge in [-0.25, -0.2) is 9.37 Å². The third-order valence-corrected chi connectivity index (χ3v) is 3.99. The molecule has 3 rings (SSSR count). The van der Waals surface area contributed by atoms with Gasteiger partial charge in [0.1, 0.15) is 10.8 Å². The van der Waals surface area contributed by atoms with Crippen LogP contribution in [0.25, 0.3) is 16.6 Å². The van der Waals surface area contributed by atoms with Crippen molar-refractivity contribution >= 4 is 23.2 Å². The molecule has 0 radical (unpaired) electrons. The van der Waals surface area contributed by atoms with Gasteiger partial charge in [0, 0.05) is 16.5 Å². The largest absolute Gasteiger partial charge is 0.289 e. The highest BCUT2D eigenvalue weighted by Crippen LogP contribution is 2.24. The van der Waals surface area contributed by atoms with E-state index in [0.717, 1.165) is 10.6 Å². The van der Waals surface area contributed by atoms with E-state index >= 15 is 0 Å². The number of halogens is 1. The normalized spacial score (nSPS) is 11.0. The second-order valence-electron chi connectivity index (χ2n) is 4.65. The summed E-state index contributed by atoms with van der Waals surface area (Å²) in [6.07, 6.45) is 3.21. The van der Waals surface area contributed by atoms with Crippen molar-refractivity contribution < 1.29 is 9.18 Å². The van der Waals surface area contributed by atoms with Crippen LogP contribution in [0.5, 0.6) is 0 Å². The Morgan fingerprint density at radius 2 is 1.77 bits per heavy atom. The van der Waals surface area contributed by atoms with Gasteiger partial charge >= 0.3 is 0 Å². The number of allylic oxidation sites excluding steroid dienone is 1. The predicted molar refractivity (Wildman–Crippen MR) is 87.3 cm³/mol. The van der Waals surface area contributed by atoms with Crippen molar-refractivity contribution in [2.75, 3.05) is 0 Å². The summed E-state index contributed by atoms with van der Waals surface area (Å²) in [6.45, 7) is 0. The topological polar surface area (TPSA) is 30.0 Å². The van der Waals surface area contributed by atoms with Crippen molar-refractivity contribution in [1.82, 2.24) is 4.98 Å². The van der Waals surface area contributed by atoms with Crippen molar-refractivity contribution in [3.63, 3.8) is 0 Å². The van der Waals surface area contributed by atoms with Crippen molar-refractivity contribution in [2.24, 2.45) is 0 Å². The van der Waals surface area contributed by atoms with E-state index in [4.69, 9.17) is 0 Å². The van der Waals surface area contributed by atoms with E-state index in [-0.39, 0.29) is 11.6 Å². The Hall–Kier alpha value is -2.59. The van der Waals surface area contributed by atoms with E-state index in [2.05, 4.69) is 4.98 Å². The third-order valence-electron chi connectivity index (χ3n) is 3.08. The maximum absolute atomic E-state index is 12.9. The minimum atomic E-state index is -0.270. The molecule has 2 nitrogen and oxygen atoms in total. The van der Waals surface area contributed by atoms with Crippen molar-refractivity contribution in [3.8, 4) is 10.6 Å². The molecule has 22 heavy (non-hydrogen) atoms. The van der Waals surface area contributed by atoms with Crippen LogP contribution >= 0.6 is 11.3 Å². The van der Waals surface area contributed by atoms with Gasteiger partial charge in [-0.3, -0.25) is 4.79 Å². The summed E-state index contributed by atoms with van der Waals surface area (Å²) < 4.78 is 12.9. The fourth-order valence-corrected chi connectivity index (χ4v) is 2.74. The molecule has 0 unspecified atom stereocenters. The quantitative estimate of drug-likeness (QED) is 0.509. The van der Waals surface area contributed by atoms with Gasteiger partial charge in [0.25, 0.3) is 0 Å². The number of aromatic nitrogens is 1. The Balaban J connectivity index is 1.75. The molecule has 0 aliphatic carbocycles. The lowest BCUT2D eigenvalue weighted by Gasteiger charge is -1.95. The number of nitrogens with zero attached hydrogens (tertiary/aromatic N) is 1.